The lowest BCUT2D eigenvalue weighted by Gasteiger charge is -2.24. The third kappa shape index (κ3) is 5.10. The zero-order chi connectivity index (χ0) is 19.0. The second-order valence-electron chi connectivity index (χ2n) is 6.25. The standard InChI is InChI=1S/C16H18F6N2O/c1-9(24(2)13-3-4-13)8-23-14(25)10-5-11(15(17,18)19)7-12(6-10)16(20,21)22/h5-7,9,13H,3-4,8H2,1-2H3,(H,23,25). The maximum Gasteiger partial charge on any atom is 0.416 e. The molecule has 140 valence electrons. The monoisotopic (exact) mass is 368 g/mol. The predicted octanol–water partition coefficient (Wildman–Crippen LogP) is 3.94. The summed E-state index contributed by atoms with van der Waals surface area (Å²) in [6.45, 7) is 1.95. The van der Waals surface area contributed by atoms with E-state index in [4.69, 9.17) is 0 Å². The molecule has 0 spiro atoms. The Morgan fingerprint density at radius 2 is 1.60 bits per heavy atom. The summed E-state index contributed by atoms with van der Waals surface area (Å²) in [5, 5.41) is 2.40. The molecule has 9 heteroatoms. The Morgan fingerprint density at radius 1 is 1.12 bits per heavy atom. The molecule has 1 aliphatic carbocycles. The molecule has 1 fully saturated rings. The first kappa shape index (κ1) is 19.6. The molecule has 1 N–H and O–H groups in total. The predicted molar refractivity (Wildman–Crippen MR) is 79.0 cm³/mol. The van der Waals surface area contributed by atoms with Crippen LogP contribution in [0.5, 0.6) is 0 Å². The van der Waals surface area contributed by atoms with Crippen LogP contribution < -0.4 is 5.32 Å². The van der Waals surface area contributed by atoms with Gasteiger partial charge in [0.15, 0.2) is 0 Å². The number of benzene rings is 1. The fourth-order valence-corrected chi connectivity index (χ4v) is 2.41. The van der Waals surface area contributed by atoms with Crippen molar-refractivity contribution in [2.24, 2.45) is 0 Å². The van der Waals surface area contributed by atoms with Crippen molar-refractivity contribution in [3.8, 4) is 0 Å². The Labute approximate surface area is 141 Å². The lowest BCUT2D eigenvalue weighted by molar-refractivity contribution is -0.143. The van der Waals surface area contributed by atoms with Gasteiger partial charge in [0, 0.05) is 24.2 Å². The Kier molecular flexibility index (Phi) is 5.36. The lowest BCUT2D eigenvalue weighted by atomic mass is 10.0. The summed E-state index contributed by atoms with van der Waals surface area (Å²) in [5.41, 5.74) is -3.67. The third-order valence-corrected chi connectivity index (χ3v) is 4.23. The van der Waals surface area contributed by atoms with Crippen molar-refractivity contribution in [1.82, 2.24) is 10.2 Å². The van der Waals surface area contributed by atoms with Crippen molar-refractivity contribution in [2.45, 2.75) is 44.2 Å². The van der Waals surface area contributed by atoms with Gasteiger partial charge in [-0.1, -0.05) is 0 Å². The molecule has 1 aromatic rings. The SMILES string of the molecule is CC(CNC(=O)c1cc(C(F)(F)F)cc(C(F)(F)F)c1)N(C)C1CC1. The zero-order valence-electron chi connectivity index (χ0n) is 13.6. The summed E-state index contributed by atoms with van der Waals surface area (Å²) in [5.74, 6) is -0.965. The second kappa shape index (κ2) is 6.86. The van der Waals surface area contributed by atoms with Crippen molar-refractivity contribution < 1.29 is 31.1 Å². The van der Waals surface area contributed by atoms with Gasteiger partial charge in [0.2, 0.25) is 0 Å². The second-order valence-corrected chi connectivity index (χ2v) is 6.25. The van der Waals surface area contributed by atoms with Crippen molar-refractivity contribution in [3.63, 3.8) is 0 Å². The Balaban J connectivity index is 2.17. The van der Waals surface area contributed by atoms with Gasteiger partial charge < -0.3 is 5.32 Å². The van der Waals surface area contributed by atoms with E-state index in [-0.39, 0.29) is 18.7 Å². The molecule has 1 aliphatic rings. The molecule has 3 nitrogen and oxygen atoms in total. The fraction of sp³-hybridized carbons (Fsp3) is 0.562. The summed E-state index contributed by atoms with van der Waals surface area (Å²) < 4.78 is 76.9. The topological polar surface area (TPSA) is 32.3 Å². The molecule has 2 rings (SSSR count). The van der Waals surface area contributed by atoms with Crippen LogP contribution in [0.25, 0.3) is 0 Å². The van der Waals surface area contributed by atoms with Crippen LogP contribution in [0.1, 0.15) is 41.3 Å². The highest BCUT2D eigenvalue weighted by molar-refractivity contribution is 5.94. The number of nitrogens with one attached hydrogen (secondary N) is 1. The molecule has 1 atom stereocenters. The summed E-state index contributed by atoms with van der Waals surface area (Å²) in [6, 6.07) is 1.20. The van der Waals surface area contributed by atoms with E-state index in [0.717, 1.165) is 12.8 Å². The summed E-state index contributed by atoms with van der Waals surface area (Å²) in [7, 11) is 1.86. The summed E-state index contributed by atoms with van der Waals surface area (Å²) >= 11 is 0. The molecule has 0 radical (unpaired) electrons. The maximum absolute atomic E-state index is 12.8. The molecule has 0 heterocycles. The Hall–Kier alpha value is -1.77. The van der Waals surface area contributed by atoms with Gasteiger partial charge >= 0.3 is 12.4 Å². The van der Waals surface area contributed by atoms with Crippen LogP contribution in [-0.4, -0.2) is 36.5 Å². The summed E-state index contributed by atoms with van der Waals surface area (Å²) in [4.78, 5) is 14.1. The number of rotatable bonds is 5. The normalized spacial score (nSPS) is 16.8. The van der Waals surface area contributed by atoms with E-state index in [0.29, 0.717) is 18.2 Å². The zero-order valence-corrected chi connectivity index (χ0v) is 13.6. The maximum atomic E-state index is 12.8. The van der Waals surface area contributed by atoms with E-state index in [9.17, 15) is 31.1 Å². The van der Waals surface area contributed by atoms with Crippen molar-refractivity contribution in [2.75, 3.05) is 13.6 Å². The van der Waals surface area contributed by atoms with Crippen LogP contribution in [0.3, 0.4) is 0 Å². The minimum absolute atomic E-state index is 0.000274. The van der Waals surface area contributed by atoms with E-state index in [1.165, 1.54) is 0 Å². The first-order chi connectivity index (χ1) is 11.4. The number of carbonyl (C=O) groups is 1. The first-order valence-electron chi connectivity index (χ1n) is 7.69. The van der Waals surface area contributed by atoms with Crippen molar-refractivity contribution in [3.05, 3.63) is 34.9 Å². The number of nitrogens with zero attached hydrogens (tertiary/aromatic N) is 1. The number of alkyl halides is 6. The van der Waals surface area contributed by atoms with Crippen molar-refractivity contribution >= 4 is 5.91 Å². The summed E-state index contributed by atoms with van der Waals surface area (Å²) in [6.07, 6.45) is -7.87. The molecule has 1 aromatic carbocycles. The van der Waals surface area contributed by atoms with Crippen LogP contribution in [0.4, 0.5) is 26.3 Å². The van der Waals surface area contributed by atoms with Crippen molar-refractivity contribution in [1.29, 1.82) is 0 Å². The van der Waals surface area contributed by atoms with Gasteiger partial charge in [0.05, 0.1) is 11.1 Å². The highest BCUT2D eigenvalue weighted by Crippen LogP contribution is 2.36. The molecule has 1 amide bonds. The first-order valence-corrected chi connectivity index (χ1v) is 7.69. The van der Waals surface area contributed by atoms with Gasteiger partial charge in [-0.2, -0.15) is 26.3 Å². The van der Waals surface area contributed by atoms with E-state index in [2.05, 4.69) is 5.32 Å². The molecule has 0 saturated heterocycles. The van der Waals surface area contributed by atoms with Gasteiger partial charge in [-0.15, -0.1) is 0 Å². The molecular weight excluding hydrogens is 350 g/mol. The minimum Gasteiger partial charge on any atom is -0.350 e. The number of amides is 1. The van der Waals surface area contributed by atoms with Gasteiger partial charge in [-0.3, -0.25) is 9.69 Å². The fourth-order valence-electron chi connectivity index (χ4n) is 2.41. The number of hydrogen-bond acceptors (Lipinski definition) is 2. The van der Waals surface area contributed by atoms with Crippen LogP contribution in [0.15, 0.2) is 18.2 Å². The van der Waals surface area contributed by atoms with Gasteiger partial charge in [-0.05, 0) is 45.0 Å². The van der Waals surface area contributed by atoms with Crippen LogP contribution in [0, 0.1) is 0 Å². The van der Waals surface area contributed by atoms with Crippen LogP contribution >= 0.6 is 0 Å². The average molecular weight is 368 g/mol. The Morgan fingerprint density at radius 3 is 2.00 bits per heavy atom. The minimum atomic E-state index is -4.98. The van der Waals surface area contributed by atoms with E-state index in [1.54, 1.807) is 0 Å². The van der Waals surface area contributed by atoms with Gasteiger partial charge in [0.1, 0.15) is 0 Å². The largest absolute Gasteiger partial charge is 0.416 e. The number of carbonyl (C=O) groups excluding carboxylic acids is 1. The average Bonchev–Trinajstić information content (AvgIpc) is 3.34. The van der Waals surface area contributed by atoms with Gasteiger partial charge in [0.25, 0.3) is 5.91 Å². The molecule has 0 aromatic heterocycles. The van der Waals surface area contributed by atoms with Crippen LogP contribution in [-0.2, 0) is 12.4 Å². The van der Waals surface area contributed by atoms with E-state index < -0.39 is 35.0 Å². The highest BCUT2D eigenvalue weighted by atomic mass is 19.4. The number of likely N-dealkylation sites (N-methyl/N-ethyl adjacent to an activating group) is 1. The molecule has 25 heavy (non-hydrogen) atoms. The van der Waals surface area contributed by atoms with E-state index >= 15 is 0 Å². The van der Waals surface area contributed by atoms with Gasteiger partial charge in [-0.25, -0.2) is 0 Å². The Bertz CT molecular complexity index is 604. The van der Waals surface area contributed by atoms with E-state index in [1.807, 2.05) is 18.9 Å². The molecular formula is C16H18F6N2O. The van der Waals surface area contributed by atoms with Crippen LogP contribution in [0.2, 0.25) is 0 Å². The lowest BCUT2D eigenvalue weighted by Crippen LogP contribution is -2.41. The molecule has 0 aliphatic heterocycles. The third-order valence-electron chi connectivity index (χ3n) is 4.23. The number of hydrogen-bond donors (Lipinski definition) is 1. The molecule has 0 bridgehead atoms. The quantitative estimate of drug-likeness (QED) is 0.799. The smallest absolute Gasteiger partial charge is 0.350 e. The molecule has 1 saturated carbocycles. The highest BCUT2D eigenvalue weighted by Gasteiger charge is 2.37. The molecule has 1 unspecified atom stereocenters. The number of halogens is 6.